The Bertz CT molecular complexity index is 3330. The lowest BCUT2D eigenvalue weighted by molar-refractivity contribution is 0.665. The van der Waals surface area contributed by atoms with Gasteiger partial charge in [-0.2, -0.15) is 0 Å². The molecule has 10 aromatic rings. The Balaban J connectivity index is 1.01. The Labute approximate surface area is 327 Å². The quantitative estimate of drug-likeness (QED) is 0.191. The van der Waals surface area contributed by atoms with Crippen LogP contribution >= 0.6 is 0 Å². The molecule has 0 fully saturated rings. The molecule has 1 aliphatic heterocycles. The number of hydrogen-bond acceptors (Lipinski definition) is 5. The van der Waals surface area contributed by atoms with Crippen LogP contribution in [0.4, 0.5) is 0 Å². The molecule has 1 unspecified atom stereocenters. The predicted octanol–water partition coefficient (Wildman–Crippen LogP) is 12.6. The van der Waals surface area contributed by atoms with Crippen LogP contribution < -0.4 is 5.32 Å². The maximum atomic E-state index is 6.81. The van der Waals surface area contributed by atoms with E-state index in [-0.39, 0.29) is 6.17 Å². The summed E-state index contributed by atoms with van der Waals surface area (Å²) in [6.45, 7) is 0. The van der Waals surface area contributed by atoms with Gasteiger partial charge in [0.2, 0.25) is 0 Å². The normalized spacial score (nSPS) is 15.3. The van der Waals surface area contributed by atoms with Crippen LogP contribution in [0.5, 0.6) is 0 Å². The summed E-state index contributed by atoms with van der Waals surface area (Å²) in [5.74, 6) is 1.45. The van der Waals surface area contributed by atoms with E-state index < -0.39 is 0 Å². The number of amidine groups is 2. The molecule has 0 bridgehead atoms. The van der Waals surface area contributed by atoms with Crippen molar-refractivity contribution in [2.24, 2.45) is 9.98 Å². The van der Waals surface area contributed by atoms with E-state index in [1.54, 1.807) is 0 Å². The molecule has 6 nitrogen and oxygen atoms in total. The summed E-state index contributed by atoms with van der Waals surface area (Å²) >= 11 is 0. The van der Waals surface area contributed by atoms with E-state index in [0.29, 0.717) is 5.84 Å². The Morgan fingerprint density at radius 1 is 0.596 bits per heavy atom. The van der Waals surface area contributed by atoms with Crippen molar-refractivity contribution in [3.8, 4) is 16.8 Å². The molecule has 1 atom stereocenters. The molecule has 12 rings (SSSR count). The Morgan fingerprint density at radius 3 is 2.21 bits per heavy atom. The molecule has 1 N–H and O–H groups in total. The lowest BCUT2D eigenvalue weighted by Gasteiger charge is -2.23. The summed E-state index contributed by atoms with van der Waals surface area (Å²) in [5.41, 5.74) is 13.4. The summed E-state index contributed by atoms with van der Waals surface area (Å²) in [6.07, 6.45) is 6.35. The minimum absolute atomic E-state index is 0.294. The van der Waals surface area contributed by atoms with Crippen LogP contribution in [0.2, 0.25) is 0 Å². The fourth-order valence-electron chi connectivity index (χ4n) is 8.99. The molecular weight excluding hydrogens is 701 g/mol. The number of benzene rings is 7. The fraction of sp³-hybridized carbons (Fsp3) is 0.0588. The van der Waals surface area contributed by atoms with Gasteiger partial charge in [-0.1, -0.05) is 127 Å². The van der Waals surface area contributed by atoms with Crippen LogP contribution in [0.1, 0.15) is 40.5 Å². The van der Waals surface area contributed by atoms with Crippen LogP contribution in [0.25, 0.3) is 77.7 Å². The predicted molar refractivity (Wildman–Crippen MR) is 232 cm³/mol. The zero-order chi connectivity index (χ0) is 37.5. The minimum Gasteiger partial charge on any atom is -0.456 e. The van der Waals surface area contributed by atoms with Gasteiger partial charge in [-0.25, -0.2) is 9.98 Å². The zero-order valence-electron chi connectivity index (χ0n) is 30.8. The van der Waals surface area contributed by atoms with Gasteiger partial charge in [0, 0.05) is 43.8 Å². The third-order valence-electron chi connectivity index (χ3n) is 11.6. The van der Waals surface area contributed by atoms with Gasteiger partial charge >= 0.3 is 0 Å². The number of fused-ring (bicyclic) bond motifs is 9. The zero-order valence-corrected chi connectivity index (χ0v) is 30.8. The largest absolute Gasteiger partial charge is 0.456 e. The summed E-state index contributed by atoms with van der Waals surface area (Å²) < 4.78 is 15.8. The lowest BCUT2D eigenvalue weighted by Crippen LogP contribution is -2.33. The molecule has 4 heterocycles. The second-order valence-corrected chi connectivity index (χ2v) is 14.8. The molecule has 0 spiro atoms. The number of furan rings is 2. The number of aliphatic imine (C=N–C) groups is 2. The number of nitrogens with one attached hydrogen (secondary N) is 1. The average molecular weight is 735 g/mol. The van der Waals surface area contributed by atoms with Crippen LogP contribution in [-0.4, -0.2) is 16.2 Å². The SMILES string of the molecule is C1=Cc2c(c3ccccc3n2-c2cccc3c2oc2cccc(-c4ccc5c(c4)oc4cccc(C6=NC(c7ccccc7)NC(c7ccccc7)=N6)c45)c23)CC1. The summed E-state index contributed by atoms with van der Waals surface area (Å²) in [5, 5.41) is 9.06. The van der Waals surface area contributed by atoms with Gasteiger partial charge in [-0.3, -0.25) is 0 Å². The Kier molecular flexibility index (Phi) is 7.01. The number of rotatable bonds is 5. The molecule has 57 heavy (non-hydrogen) atoms. The monoisotopic (exact) mass is 734 g/mol. The highest BCUT2D eigenvalue weighted by Crippen LogP contribution is 2.43. The van der Waals surface area contributed by atoms with Crippen LogP contribution in [-0.2, 0) is 6.42 Å². The van der Waals surface area contributed by atoms with E-state index in [1.807, 2.05) is 48.5 Å². The first-order chi connectivity index (χ1) is 28.3. The molecule has 2 aliphatic rings. The van der Waals surface area contributed by atoms with Gasteiger partial charge < -0.3 is 18.7 Å². The highest BCUT2D eigenvalue weighted by atomic mass is 16.3. The van der Waals surface area contributed by atoms with Crippen molar-refractivity contribution >= 4 is 72.5 Å². The molecular formula is C51H34N4O2. The Morgan fingerprint density at radius 2 is 1.33 bits per heavy atom. The number of para-hydroxylation sites is 2. The van der Waals surface area contributed by atoms with Crippen molar-refractivity contribution in [3.05, 3.63) is 192 Å². The number of nitrogens with zero attached hydrogens (tertiary/aromatic N) is 3. The highest BCUT2D eigenvalue weighted by Gasteiger charge is 2.25. The third-order valence-corrected chi connectivity index (χ3v) is 11.6. The first-order valence-electron chi connectivity index (χ1n) is 19.5. The van der Waals surface area contributed by atoms with Crippen molar-refractivity contribution in [3.63, 3.8) is 0 Å². The number of allylic oxidation sites excluding steroid dienone is 1. The van der Waals surface area contributed by atoms with Crippen LogP contribution in [0.3, 0.4) is 0 Å². The van der Waals surface area contributed by atoms with Gasteiger partial charge in [0.05, 0.1) is 11.2 Å². The third kappa shape index (κ3) is 4.97. The summed E-state index contributed by atoms with van der Waals surface area (Å²) in [4.78, 5) is 10.3. The van der Waals surface area contributed by atoms with Gasteiger partial charge in [0.25, 0.3) is 0 Å². The van der Waals surface area contributed by atoms with Gasteiger partial charge in [0.15, 0.2) is 11.4 Å². The van der Waals surface area contributed by atoms with E-state index in [2.05, 4.69) is 131 Å². The molecule has 0 amide bonds. The van der Waals surface area contributed by atoms with Gasteiger partial charge in [-0.05, 0) is 77.6 Å². The Hall–Kier alpha value is -7.44. The standard InChI is InChI=1S/C51H34N4O2/c1-3-14-31(15-4-1)49-52-50(32-16-5-2-6-17-32)54-51(53-49)39-22-13-26-43-47(39)37-29-28-33(30-45(37)56-43)34-20-12-27-44-46(34)38-21-11-25-42(48(38)57-44)55-40-23-9-7-18-35(40)36-19-8-10-24-41(36)55/h1-7,9-18,20-30,49H,8,19H2,(H,52,53,54). The van der Waals surface area contributed by atoms with Crippen molar-refractivity contribution in [2.45, 2.75) is 19.0 Å². The molecule has 1 aliphatic carbocycles. The van der Waals surface area contributed by atoms with Gasteiger partial charge in [0.1, 0.15) is 28.8 Å². The first-order valence-corrected chi connectivity index (χ1v) is 19.5. The molecule has 0 saturated heterocycles. The topological polar surface area (TPSA) is 68.0 Å². The van der Waals surface area contributed by atoms with Crippen LogP contribution in [0, 0.1) is 0 Å². The summed E-state index contributed by atoms with van der Waals surface area (Å²) in [6, 6.07) is 54.8. The number of hydrogen-bond donors (Lipinski definition) is 1. The minimum atomic E-state index is -0.294. The molecule has 0 saturated carbocycles. The molecule has 3 aromatic heterocycles. The maximum absolute atomic E-state index is 6.81. The van der Waals surface area contributed by atoms with Gasteiger partial charge in [-0.15, -0.1) is 0 Å². The van der Waals surface area contributed by atoms with Crippen LogP contribution in [0.15, 0.2) is 183 Å². The van der Waals surface area contributed by atoms with E-state index in [9.17, 15) is 0 Å². The average Bonchev–Trinajstić information content (AvgIpc) is 3.96. The van der Waals surface area contributed by atoms with E-state index in [0.717, 1.165) is 96.1 Å². The highest BCUT2D eigenvalue weighted by molar-refractivity contribution is 6.22. The number of aromatic nitrogens is 1. The fourth-order valence-corrected chi connectivity index (χ4v) is 8.99. The molecule has 7 aromatic carbocycles. The van der Waals surface area contributed by atoms with Crippen molar-refractivity contribution < 1.29 is 8.83 Å². The lowest BCUT2D eigenvalue weighted by atomic mass is 9.97. The smallest absolute Gasteiger partial charge is 0.160 e. The van der Waals surface area contributed by atoms with Crippen molar-refractivity contribution in [1.29, 1.82) is 0 Å². The maximum Gasteiger partial charge on any atom is 0.160 e. The second kappa shape index (κ2) is 12.5. The molecule has 6 heteroatoms. The number of aryl methyl sites for hydroxylation is 1. The van der Waals surface area contributed by atoms with Crippen molar-refractivity contribution in [2.75, 3.05) is 0 Å². The second-order valence-electron chi connectivity index (χ2n) is 14.8. The van der Waals surface area contributed by atoms with E-state index in [4.69, 9.17) is 18.8 Å². The first kappa shape index (κ1) is 31.9. The summed E-state index contributed by atoms with van der Waals surface area (Å²) in [7, 11) is 0. The van der Waals surface area contributed by atoms with E-state index in [1.165, 1.54) is 22.2 Å². The van der Waals surface area contributed by atoms with Crippen molar-refractivity contribution in [1.82, 2.24) is 9.88 Å². The van der Waals surface area contributed by atoms with E-state index >= 15 is 0 Å². The molecule has 0 radical (unpaired) electrons. The molecule has 270 valence electrons.